The molecular weight excluding hydrogens is 358 g/mol. The van der Waals surface area contributed by atoms with Gasteiger partial charge in [-0.1, -0.05) is 35.5 Å². The van der Waals surface area contributed by atoms with Crippen molar-refractivity contribution in [2.75, 3.05) is 20.3 Å². The van der Waals surface area contributed by atoms with Gasteiger partial charge < -0.3 is 18.9 Å². The molecule has 4 rings (SSSR count). The van der Waals surface area contributed by atoms with Crippen LogP contribution in [0.5, 0.6) is 11.5 Å². The lowest BCUT2D eigenvalue weighted by Gasteiger charge is -2.21. The summed E-state index contributed by atoms with van der Waals surface area (Å²) in [6, 6.07) is 16.6. The minimum Gasteiger partial charge on any atom is -0.497 e. The number of carbonyl (C=O) groups excluding carboxylic acids is 1. The van der Waals surface area contributed by atoms with Crippen LogP contribution in [-0.4, -0.2) is 41.2 Å². The van der Waals surface area contributed by atoms with Crippen LogP contribution in [0.1, 0.15) is 24.8 Å². The zero-order chi connectivity index (χ0) is 19.3. The first-order valence-electron chi connectivity index (χ1n) is 9.20. The Morgan fingerprint density at radius 3 is 2.64 bits per heavy atom. The van der Waals surface area contributed by atoms with Crippen LogP contribution >= 0.6 is 0 Å². The van der Waals surface area contributed by atoms with Crippen LogP contribution in [0.3, 0.4) is 0 Å². The standard InChI is InChI=1S/C21H21N3O4/c1-26-16-9-11-17(12-10-16)27-14-19(25)24-13-5-8-18(24)21-22-20(23-28-21)15-6-3-2-4-7-15/h2-4,6-7,9-12,18H,5,8,13-14H2,1H3/t18-/m0/s1. The number of benzene rings is 2. The summed E-state index contributed by atoms with van der Waals surface area (Å²) in [5.74, 6) is 2.26. The highest BCUT2D eigenvalue weighted by Gasteiger charge is 2.34. The van der Waals surface area contributed by atoms with E-state index in [-0.39, 0.29) is 18.6 Å². The van der Waals surface area contributed by atoms with E-state index in [0.717, 1.165) is 24.2 Å². The SMILES string of the molecule is COc1ccc(OCC(=O)N2CCC[C@H]2c2nc(-c3ccccc3)no2)cc1. The minimum atomic E-state index is -0.211. The van der Waals surface area contributed by atoms with E-state index in [2.05, 4.69) is 10.1 Å². The van der Waals surface area contributed by atoms with Gasteiger partial charge in [0.2, 0.25) is 11.7 Å². The van der Waals surface area contributed by atoms with Crippen molar-refractivity contribution in [1.29, 1.82) is 0 Å². The Balaban J connectivity index is 1.41. The predicted molar refractivity (Wildman–Crippen MR) is 102 cm³/mol. The highest BCUT2D eigenvalue weighted by Crippen LogP contribution is 2.32. The molecule has 1 aliphatic rings. The van der Waals surface area contributed by atoms with Gasteiger partial charge in [0, 0.05) is 12.1 Å². The molecule has 1 fully saturated rings. The van der Waals surface area contributed by atoms with E-state index in [1.54, 1.807) is 36.3 Å². The van der Waals surface area contributed by atoms with Crippen molar-refractivity contribution in [2.45, 2.75) is 18.9 Å². The maximum Gasteiger partial charge on any atom is 0.261 e. The van der Waals surface area contributed by atoms with E-state index in [0.29, 0.717) is 24.0 Å². The Morgan fingerprint density at radius 1 is 1.14 bits per heavy atom. The van der Waals surface area contributed by atoms with Crippen LogP contribution in [0.2, 0.25) is 0 Å². The number of carbonyl (C=O) groups is 1. The highest BCUT2D eigenvalue weighted by atomic mass is 16.5. The third kappa shape index (κ3) is 3.83. The van der Waals surface area contributed by atoms with E-state index in [9.17, 15) is 4.79 Å². The third-order valence-corrected chi connectivity index (χ3v) is 4.75. The van der Waals surface area contributed by atoms with Gasteiger partial charge in [-0.05, 0) is 37.1 Å². The van der Waals surface area contributed by atoms with Crippen molar-refractivity contribution >= 4 is 5.91 Å². The summed E-state index contributed by atoms with van der Waals surface area (Å²) >= 11 is 0. The summed E-state index contributed by atoms with van der Waals surface area (Å²) in [5.41, 5.74) is 0.885. The second-order valence-corrected chi connectivity index (χ2v) is 6.53. The Kier molecular flexibility index (Phi) is 5.23. The van der Waals surface area contributed by atoms with Crippen molar-refractivity contribution < 1.29 is 18.8 Å². The van der Waals surface area contributed by atoms with Crippen molar-refractivity contribution in [3.8, 4) is 22.9 Å². The molecule has 0 N–H and O–H groups in total. The number of hydrogen-bond donors (Lipinski definition) is 0. The lowest BCUT2D eigenvalue weighted by atomic mass is 10.2. The van der Waals surface area contributed by atoms with Crippen molar-refractivity contribution in [2.24, 2.45) is 0 Å². The highest BCUT2D eigenvalue weighted by molar-refractivity contribution is 5.78. The molecule has 2 aromatic carbocycles. The molecule has 7 nitrogen and oxygen atoms in total. The molecular formula is C21H21N3O4. The fraction of sp³-hybridized carbons (Fsp3) is 0.286. The average Bonchev–Trinajstić information content (AvgIpc) is 3.42. The Labute approximate surface area is 162 Å². The second-order valence-electron chi connectivity index (χ2n) is 6.53. The first kappa shape index (κ1) is 18.0. The molecule has 28 heavy (non-hydrogen) atoms. The van der Waals surface area contributed by atoms with E-state index in [4.69, 9.17) is 14.0 Å². The molecule has 0 bridgehead atoms. The molecule has 1 aliphatic heterocycles. The van der Waals surface area contributed by atoms with Gasteiger partial charge in [0.1, 0.15) is 17.5 Å². The van der Waals surface area contributed by atoms with Gasteiger partial charge in [0.05, 0.1) is 7.11 Å². The summed E-state index contributed by atoms with van der Waals surface area (Å²) in [6.45, 7) is 0.612. The molecule has 2 heterocycles. The topological polar surface area (TPSA) is 77.7 Å². The fourth-order valence-electron chi connectivity index (χ4n) is 3.30. The molecule has 0 saturated carbocycles. The number of aromatic nitrogens is 2. The lowest BCUT2D eigenvalue weighted by molar-refractivity contribution is -0.134. The molecule has 144 valence electrons. The van der Waals surface area contributed by atoms with Crippen LogP contribution in [0.25, 0.3) is 11.4 Å². The van der Waals surface area contributed by atoms with Gasteiger partial charge in [-0.3, -0.25) is 4.79 Å². The molecule has 0 radical (unpaired) electrons. The summed E-state index contributed by atoms with van der Waals surface area (Å²) in [6.07, 6.45) is 1.69. The number of methoxy groups -OCH3 is 1. The van der Waals surface area contributed by atoms with Gasteiger partial charge in [-0.2, -0.15) is 4.98 Å². The zero-order valence-corrected chi connectivity index (χ0v) is 15.6. The number of ether oxygens (including phenoxy) is 2. The summed E-state index contributed by atoms with van der Waals surface area (Å²) < 4.78 is 16.2. The molecule has 1 saturated heterocycles. The predicted octanol–water partition coefficient (Wildman–Crippen LogP) is 3.49. The van der Waals surface area contributed by atoms with Crippen LogP contribution in [0.4, 0.5) is 0 Å². The van der Waals surface area contributed by atoms with Gasteiger partial charge >= 0.3 is 0 Å². The molecule has 1 aromatic heterocycles. The quantitative estimate of drug-likeness (QED) is 0.652. The maximum atomic E-state index is 12.7. The van der Waals surface area contributed by atoms with Crippen molar-refractivity contribution in [1.82, 2.24) is 15.0 Å². The maximum absolute atomic E-state index is 12.7. The second kappa shape index (κ2) is 8.12. The molecule has 1 atom stereocenters. The minimum absolute atomic E-state index is 0.0392. The third-order valence-electron chi connectivity index (χ3n) is 4.75. The van der Waals surface area contributed by atoms with E-state index in [1.807, 2.05) is 30.3 Å². The largest absolute Gasteiger partial charge is 0.497 e. The lowest BCUT2D eigenvalue weighted by Crippen LogP contribution is -2.34. The van der Waals surface area contributed by atoms with Crippen molar-refractivity contribution in [3.63, 3.8) is 0 Å². The molecule has 1 amide bonds. The Morgan fingerprint density at radius 2 is 1.89 bits per heavy atom. The van der Waals surface area contributed by atoms with Gasteiger partial charge in [-0.25, -0.2) is 0 Å². The first-order valence-corrected chi connectivity index (χ1v) is 9.20. The monoisotopic (exact) mass is 379 g/mol. The molecule has 0 unspecified atom stereocenters. The molecule has 0 aliphatic carbocycles. The van der Waals surface area contributed by atoms with Crippen LogP contribution in [0, 0.1) is 0 Å². The molecule has 3 aromatic rings. The van der Waals surface area contributed by atoms with Crippen LogP contribution in [-0.2, 0) is 4.79 Å². The number of amides is 1. The first-order chi connectivity index (χ1) is 13.7. The Hall–Kier alpha value is -3.35. The van der Waals surface area contributed by atoms with Crippen LogP contribution < -0.4 is 9.47 Å². The van der Waals surface area contributed by atoms with Gasteiger partial charge in [0.25, 0.3) is 5.91 Å². The number of nitrogens with zero attached hydrogens (tertiary/aromatic N) is 3. The molecule has 0 spiro atoms. The zero-order valence-electron chi connectivity index (χ0n) is 15.6. The number of hydrogen-bond acceptors (Lipinski definition) is 6. The fourth-order valence-corrected chi connectivity index (χ4v) is 3.30. The van der Waals surface area contributed by atoms with E-state index >= 15 is 0 Å². The van der Waals surface area contributed by atoms with E-state index in [1.165, 1.54) is 0 Å². The smallest absolute Gasteiger partial charge is 0.261 e. The average molecular weight is 379 g/mol. The normalized spacial score (nSPS) is 16.2. The van der Waals surface area contributed by atoms with Gasteiger partial charge in [0.15, 0.2) is 6.61 Å². The summed E-state index contributed by atoms with van der Waals surface area (Å²) in [5, 5.41) is 4.07. The van der Waals surface area contributed by atoms with Gasteiger partial charge in [-0.15, -0.1) is 0 Å². The van der Waals surface area contributed by atoms with E-state index < -0.39 is 0 Å². The molecule has 7 heteroatoms. The summed E-state index contributed by atoms with van der Waals surface area (Å²) in [7, 11) is 1.60. The van der Waals surface area contributed by atoms with Crippen molar-refractivity contribution in [3.05, 3.63) is 60.5 Å². The van der Waals surface area contributed by atoms with Crippen LogP contribution in [0.15, 0.2) is 59.1 Å². The number of rotatable bonds is 6. The summed E-state index contributed by atoms with van der Waals surface area (Å²) in [4.78, 5) is 19.0. The Bertz CT molecular complexity index is 924. The number of likely N-dealkylation sites (tertiary alicyclic amines) is 1.